The maximum atomic E-state index is 12.0. The summed E-state index contributed by atoms with van der Waals surface area (Å²) in [5, 5.41) is 3.95. The van der Waals surface area contributed by atoms with Crippen molar-refractivity contribution in [2.24, 2.45) is 5.92 Å². The van der Waals surface area contributed by atoms with Crippen molar-refractivity contribution in [2.75, 3.05) is 6.61 Å². The Morgan fingerprint density at radius 2 is 1.96 bits per heavy atom. The van der Waals surface area contributed by atoms with Gasteiger partial charge in [-0.05, 0) is 43.2 Å². The molecule has 0 spiro atoms. The van der Waals surface area contributed by atoms with Crippen molar-refractivity contribution in [1.29, 1.82) is 0 Å². The number of hydrogen-bond donors (Lipinski definition) is 1. The lowest BCUT2D eigenvalue weighted by atomic mass is 10.1. The van der Waals surface area contributed by atoms with Gasteiger partial charge in [0.1, 0.15) is 5.15 Å². The molecular weight excluding hydrogens is 316 g/mol. The summed E-state index contributed by atoms with van der Waals surface area (Å²) in [4.78, 5) is 27.9. The number of carbonyl (C=O) groups is 2. The molecule has 2 rings (SSSR count). The molecule has 2 aromatic rings. The van der Waals surface area contributed by atoms with E-state index in [1.165, 1.54) is 0 Å². The van der Waals surface area contributed by atoms with Crippen molar-refractivity contribution >= 4 is 34.4 Å². The zero-order valence-electron chi connectivity index (χ0n) is 13.3. The van der Waals surface area contributed by atoms with Gasteiger partial charge in [-0.25, -0.2) is 9.78 Å². The van der Waals surface area contributed by atoms with E-state index in [1.807, 2.05) is 20.8 Å². The van der Waals surface area contributed by atoms with E-state index in [-0.39, 0.29) is 18.6 Å². The van der Waals surface area contributed by atoms with Gasteiger partial charge in [-0.3, -0.25) is 4.79 Å². The number of rotatable bonds is 5. The van der Waals surface area contributed by atoms with Gasteiger partial charge in [-0.15, -0.1) is 0 Å². The second kappa shape index (κ2) is 7.42. The average Bonchev–Trinajstić information content (AvgIpc) is 2.51. The van der Waals surface area contributed by atoms with Crippen molar-refractivity contribution in [3.63, 3.8) is 0 Å². The molecule has 1 unspecified atom stereocenters. The summed E-state index contributed by atoms with van der Waals surface area (Å²) in [5.41, 5.74) is 1.06. The van der Waals surface area contributed by atoms with E-state index in [0.717, 1.165) is 5.39 Å². The molecule has 0 radical (unpaired) electrons. The fraction of sp³-hybridized carbons (Fsp3) is 0.353. The Labute approximate surface area is 140 Å². The molecule has 1 aromatic carbocycles. The van der Waals surface area contributed by atoms with E-state index >= 15 is 0 Å². The lowest BCUT2D eigenvalue weighted by Crippen LogP contribution is -2.38. The standard InChI is InChI=1S/C17H19ClN2O3/c1-10(2)11(3)19-16(21)9-23-17(22)13-4-6-14-12(8-13)5-7-15(18)20-14/h4-8,10-11H,9H2,1-3H3,(H,19,21). The van der Waals surface area contributed by atoms with Gasteiger partial charge in [0.05, 0.1) is 11.1 Å². The van der Waals surface area contributed by atoms with Crippen molar-refractivity contribution in [2.45, 2.75) is 26.8 Å². The van der Waals surface area contributed by atoms with Crippen molar-refractivity contribution < 1.29 is 14.3 Å². The smallest absolute Gasteiger partial charge is 0.338 e. The van der Waals surface area contributed by atoms with Crippen LogP contribution in [0.4, 0.5) is 0 Å². The number of fused-ring (bicyclic) bond motifs is 1. The summed E-state index contributed by atoms with van der Waals surface area (Å²) in [7, 11) is 0. The minimum Gasteiger partial charge on any atom is -0.452 e. The molecule has 1 heterocycles. The fourth-order valence-electron chi connectivity index (χ4n) is 1.90. The summed E-state index contributed by atoms with van der Waals surface area (Å²) < 4.78 is 5.05. The first-order valence-corrected chi connectivity index (χ1v) is 7.77. The number of amides is 1. The van der Waals surface area contributed by atoms with E-state index in [4.69, 9.17) is 16.3 Å². The minimum atomic E-state index is -0.547. The first kappa shape index (κ1) is 17.2. The maximum Gasteiger partial charge on any atom is 0.338 e. The Balaban J connectivity index is 1.98. The van der Waals surface area contributed by atoms with Crippen LogP contribution in [-0.2, 0) is 9.53 Å². The van der Waals surface area contributed by atoms with Gasteiger partial charge in [0, 0.05) is 11.4 Å². The SMILES string of the molecule is CC(C)C(C)NC(=O)COC(=O)c1ccc2nc(Cl)ccc2c1. The van der Waals surface area contributed by atoms with E-state index in [9.17, 15) is 9.59 Å². The van der Waals surface area contributed by atoms with E-state index in [2.05, 4.69) is 10.3 Å². The molecule has 0 bridgehead atoms. The number of pyridine rings is 1. The van der Waals surface area contributed by atoms with Crippen LogP contribution >= 0.6 is 11.6 Å². The van der Waals surface area contributed by atoms with Crippen molar-refractivity contribution in [1.82, 2.24) is 10.3 Å². The zero-order valence-corrected chi connectivity index (χ0v) is 14.1. The summed E-state index contributed by atoms with van der Waals surface area (Å²) in [6.07, 6.45) is 0. The number of benzene rings is 1. The third kappa shape index (κ3) is 4.66. The topological polar surface area (TPSA) is 68.3 Å². The lowest BCUT2D eigenvalue weighted by Gasteiger charge is -2.17. The van der Waals surface area contributed by atoms with E-state index in [1.54, 1.807) is 30.3 Å². The molecular formula is C17H19ClN2O3. The number of aromatic nitrogens is 1. The van der Waals surface area contributed by atoms with Gasteiger partial charge in [0.15, 0.2) is 6.61 Å². The zero-order chi connectivity index (χ0) is 17.0. The highest BCUT2D eigenvalue weighted by atomic mass is 35.5. The fourth-order valence-corrected chi connectivity index (χ4v) is 2.06. The van der Waals surface area contributed by atoms with Gasteiger partial charge in [0.2, 0.25) is 0 Å². The third-order valence-electron chi connectivity index (χ3n) is 3.61. The highest BCUT2D eigenvalue weighted by molar-refractivity contribution is 6.29. The Bertz CT molecular complexity index is 731. The summed E-state index contributed by atoms with van der Waals surface area (Å²) in [5.74, 6) is -0.544. The van der Waals surface area contributed by atoms with E-state index in [0.29, 0.717) is 22.2 Å². The molecule has 0 saturated carbocycles. The molecule has 6 heteroatoms. The molecule has 0 saturated heterocycles. The Morgan fingerprint density at radius 3 is 2.65 bits per heavy atom. The Morgan fingerprint density at radius 1 is 1.22 bits per heavy atom. The van der Waals surface area contributed by atoms with Gasteiger partial charge < -0.3 is 10.1 Å². The maximum absolute atomic E-state index is 12.0. The average molecular weight is 335 g/mol. The van der Waals surface area contributed by atoms with Crippen LogP contribution in [0.15, 0.2) is 30.3 Å². The quantitative estimate of drug-likeness (QED) is 0.673. The predicted molar refractivity (Wildman–Crippen MR) is 89.5 cm³/mol. The van der Waals surface area contributed by atoms with Crippen LogP contribution in [0.3, 0.4) is 0 Å². The molecule has 0 fully saturated rings. The molecule has 122 valence electrons. The Hall–Kier alpha value is -2.14. The van der Waals surface area contributed by atoms with Crippen molar-refractivity contribution in [3.8, 4) is 0 Å². The van der Waals surface area contributed by atoms with Crippen LogP contribution in [-0.4, -0.2) is 29.5 Å². The molecule has 1 aromatic heterocycles. The first-order chi connectivity index (χ1) is 10.9. The first-order valence-electron chi connectivity index (χ1n) is 7.39. The third-order valence-corrected chi connectivity index (χ3v) is 3.82. The van der Waals surface area contributed by atoms with Crippen LogP contribution in [0.2, 0.25) is 5.15 Å². The number of hydrogen-bond acceptors (Lipinski definition) is 4. The van der Waals surface area contributed by atoms with Crippen LogP contribution in [0, 0.1) is 5.92 Å². The molecule has 23 heavy (non-hydrogen) atoms. The minimum absolute atomic E-state index is 0.0256. The second-order valence-corrected chi connectivity index (χ2v) is 6.11. The monoisotopic (exact) mass is 334 g/mol. The molecule has 0 aliphatic rings. The summed E-state index contributed by atoms with van der Waals surface area (Å²) in [6, 6.07) is 8.41. The largest absolute Gasteiger partial charge is 0.452 e. The van der Waals surface area contributed by atoms with Crippen LogP contribution in [0.1, 0.15) is 31.1 Å². The number of esters is 1. The predicted octanol–water partition coefficient (Wildman–Crippen LogP) is 3.21. The normalized spacial score (nSPS) is 12.2. The highest BCUT2D eigenvalue weighted by Gasteiger charge is 2.14. The summed E-state index contributed by atoms with van der Waals surface area (Å²) in [6.45, 7) is 5.62. The van der Waals surface area contributed by atoms with Crippen molar-refractivity contribution in [3.05, 3.63) is 41.0 Å². The number of halogens is 1. The highest BCUT2D eigenvalue weighted by Crippen LogP contribution is 2.17. The Kier molecular flexibility index (Phi) is 5.55. The van der Waals surface area contributed by atoms with Gasteiger partial charge >= 0.3 is 5.97 Å². The van der Waals surface area contributed by atoms with Gasteiger partial charge in [0.25, 0.3) is 5.91 Å². The molecule has 5 nitrogen and oxygen atoms in total. The molecule has 1 amide bonds. The van der Waals surface area contributed by atoms with Crippen LogP contribution in [0.25, 0.3) is 10.9 Å². The van der Waals surface area contributed by atoms with Gasteiger partial charge in [-0.2, -0.15) is 0 Å². The number of nitrogens with one attached hydrogen (secondary N) is 1. The van der Waals surface area contributed by atoms with Crippen LogP contribution in [0.5, 0.6) is 0 Å². The molecule has 1 N–H and O–H groups in total. The second-order valence-electron chi connectivity index (χ2n) is 5.72. The number of carbonyl (C=O) groups excluding carboxylic acids is 2. The summed E-state index contributed by atoms with van der Waals surface area (Å²) >= 11 is 5.82. The van der Waals surface area contributed by atoms with E-state index < -0.39 is 5.97 Å². The van der Waals surface area contributed by atoms with Crippen LogP contribution < -0.4 is 5.32 Å². The molecule has 0 aliphatic heterocycles. The van der Waals surface area contributed by atoms with Gasteiger partial charge in [-0.1, -0.05) is 25.4 Å². The number of nitrogens with zero attached hydrogens (tertiary/aromatic N) is 1. The molecule has 0 aliphatic carbocycles. The number of ether oxygens (including phenoxy) is 1. The lowest BCUT2D eigenvalue weighted by molar-refractivity contribution is -0.125. The molecule has 1 atom stereocenters.